The van der Waals surface area contributed by atoms with Gasteiger partial charge in [0.2, 0.25) is 0 Å². The number of rotatable bonds is 4. The second kappa shape index (κ2) is 7.58. The number of carbonyl (C=O) groups excluding carboxylic acids is 1. The number of nitrogens with one attached hydrogen (secondary N) is 1. The van der Waals surface area contributed by atoms with Crippen LogP contribution in [0.3, 0.4) is 0 Å². The lowest BCUT2D eigenvalue weighted by Gasteiger charge is -2.22. The normalized spacial score (nSPS) is 11.6. The topological polar surface area (TPSA) is 63.5 Å². The van der Waals surface area contributed by atoms with Gasteiger partial charge < -0.3 is 5.32 Å². The second-order valence-electron chi connectivity index (χ2n) is 8.25. The predicted molar refractivity (Wildman–Crippen MR) is 112 cm³/mol. The van der Waals surface area contributed by atoms with E-state index in [4.69, 9.17) is 0 Å². The lowest BCUT2D eigenvalue weighted by atomic mass is 9.83. The van der Waals surface area contributed by atoms with Crippen molar-refractivity contribution >= 4 is 11.6 Å². The number of aromatic nitrogens is 2. The number of aryl methyl sites for hydroxylation is 2. The van der Waals surface area contributed by atoms with Gasteiger partial charge in [0.15, 0.2) is 0 Å². The summed E-state index contributed by atoms with van der Waals surface area (Å²) in [5.74, 6) is -0.391. The molecule has 28 heavy (non-hydrogen) atoms. The van der Waals surface area contributed by atoms with Gasteiger partial charge in [-0.2, -0.15) is 0 Å². The highest BCUT2D eigenvalue weighted by Crippen LogP contribution is 2.27. The highest BCUT2D eigenvalue weighted by molar-refractivity contribution is 5.93. The van der Waals surface area contributed by atoms with Crippen LogP contribution >= 0.6 is 0 Å². The lowest BCUT2D eigenvalue weighted by Crippen LogP contribution is -2.32. The zero-order valence-electron chi connectivity index (χ0n) is 17.2. The fourth-order valence-electron chi connectivity index (χ4n) is 3.40. The summed E-state index contributed by atoms with van der Waals surface area (Å²) in [5, 5.41) is 2.86. The molecule has 0 fully saturated rings. The van der Waals surface area contributed by atoms with E-state index in [-0.39, 0.29) is 16.5 Å². The molecule has 2 heterocycles. The summed E-state index contributed by atoms with van der Waals surface area (Å²) >= 11 is 0. The summed E-state index contributed by atoms with van der Waals surface area (Å²) in [6.45, 7) is 11.3. The molecule has 3 aromatic rings. The SMILES string of the molecule is Cc1cc(C(C)(C)C)cc(C)c1CCNC(=O)c1cnc2ccccn2c1=O. The Balaban J connectivity index is 1.73. The van der Waals surface area contributed by atoms with Crippen LogP contribution in [0.25, 0.3) is 5.65 Å². The molecule has 146 valence electrons. The van der Waals surface area contributed by atoms with Crippen LogP contribution in [0.5, 0.6) is 0 Å². The van der Waals surface area contributed by atoms with Gasteiger partial charge in [-0.25, -0.2) is 4.98 Å². The molecule has 1 N–H and O–H groups in total. The van der Waals surface area contributed by atoms with Crippen LogP contribution in [0.2, 0.25) is 0 Å². The van der Waals surface area contributed by atoms with Crippen LogP contribution in [0.15, 0.2) is 47.5 Å². The van der Waals surface area contributed by atoms with E-state index in [1.165, 1.54) is 32.9 Å². The van der Waals surface area contributed by atoms with E-state index in [0.717, 1.165) is 6.42 Å². The Morgan fingerprint density at radius 2 is 1.82 bits per heavy atom. The molecule has 0 aliphatic heterocycles. The number of nitrogens with zero attached hydrogens (tertiary/aromatic N) is 2. The van der Waals surface area contributed by atoms with Crippen LogP contribution < -0.4 is 10.9 Å². The van der Waals surface area contributed by atoms with E-state index in [2.05, 4.69) is 57.1 Å². The summed E-state index contributed by atoms with van der Waals surface area (Å²) in [6, 6.07) is 9.73. The maximum Gasteiger partial charge on any atom is 0.270 e. The Bertz CT molecular complexity index is 1070. The maximum absolute atomic E-state index is 12.5. The van der Waals surface area contributed by atoms with Crippen molar-refractivity contribution < 1.29 is 4.79 Å². The predicted octanol–water partition coefficient (Wildman–Crippen LogP) is 3.58. The first-order valence-corrected chi connectivity index (χ1v) is 9.53. The molecule has 1 aromatic carbocycles. The van der Waals surface area contributed by atoms with E-state index in [1.807, 2.05) is 0 Å². The van der Waals surface area contributed by atoms with Crippen LogP contribution in [0.1, 0.15) is 53.4 Å². The van der Waals surface area contributed by atoms with Gasteiger partial charge in [-0.15, -0.1) is 0 Å². The van der Waals surface area contributed by atoms with Gasteiger partial charge in [0.25, 0.3) is 11.5 Å². The largest absolute Gasteiger partial charge is 0.351 e. The first-order valence-electron chi connectivity index (χ1n) is 9.53. The first kappa shape index (κ1) is 19.8. The number of amides is 1. The molecule has 5 heteroatoms. The number of benzene rings is 1. The fourth-order valence-corrected chi connectivity index (χ4v) is 3.40. The number of fused-ring (bicyclic) bond motifs is 1. The van der Waals surface area contributed by atoms with Crippen LogP contribution in [-0.2, 0) is 11.8 Å². The van der Waals surface area contributed by atoms with Crippen molar-refractivity contribution in [1.29, 1.82) is 0 Å². The van der Waals surface area contributed by atoms with E-state index < -0.39 is 5.91 Å². The van der Waals surface area contributed by atoms with Gasteiger partial charge >= 0.3 is 0 Å². The van der Waals surface area contributed by atoms with E-state index in [1.54, 1.807) is 24.4 Å². The third kappa shape index (κ3) is 3.98. The molecule has 1 amide bonds. The minimum absolute atomic E-state index is 0.0558. The van der Waals surface area contributed by atoms with Gasteiger partial charge in [0, 0.05) is 18.9 Å². The van der Waals surface area contributed by atoms with Gasteiger partial charge in [0.1, 0.15) is 11.2 Å². The minimum atomic E-state index is -0.391. The Labute approximate surface area is 165 Å². The van der Waals surface area contributed by atoms with Crippen molar-refractivity contribution in [2.75, 3.05) is 6.54 Å². The molecule has 0 saturated carbocycles. The molecule has 3 rings (SSSR count). The molecular formula is C23H27N3O2. The molecular weight excluding hydrogens is 350 g/mol. The van der Waals surface area contributed by atoms with Crippen LogP contribution in [-0.4, -0.2) is 21.8 Å². The highest BCUT2D eigenvalue weighted by atomic mass is 16.2. The molecule has 0 spiro atoms. The zero-order chi connectivity index (χ0) is 20.5. The van der Waals surface area contributed by atoms with Crippen LogP contribution in [0, 0.1) is 13.8 Å². The Kier molecular flexibility index (Phi) is 5.36. The summed E-state index contributed by atoms with van der Waals surface area (Å²) in [6.07, 6.45) is 3.68. The van der Waals surface area contributed by atoms with Crippen molar-refractivity contribution in [2.45, 2.75) is 46.5 Å². The number of pyridine rings is 1. The Morgan fingerprint density at radius 3 is 2.46 bits per heavy atom. The third-order valence-corrected chi connectivity index (χ3v) is 5.08. The Morgan fingerprint density at radius 1 is 1.14 bits per heavy atom. The first-order chi connectivity index (χ1) is 13.2. The molecule has 0 radical (unpaired) electrons. The molecule has 0 unspecified atom stereocenters. The molecule has 0 bridgehead atoms. The summed E-state index contributed by atoms with van der Waals surface area (Å²) in [7, 11) is 0. The van der Waals surface area contributed by atoms with Crippen LogP contribution in [0.4, 0.5) is 0 Å². The number of carbonyl (C=O) groups is 1. The Hall–Kier alpha value is -2.95. The molecule has 2 aromatic heterocycles. The highest BCUT2D eigenvalue weighted by Gasteiger charge is 2.17. The second-order valence-corrected chi connectivity index (χ2v) is 8.25. The molecule has 0 aliphatic rings. The minimum Gasteiger partial charge on any atom is -0.351 e. The van der Waals surface area contributed by atoms with Crippen molar-refractivity contribution in [2.24, 2.45) is 0 Å². The molecule has 0 saturated heterocycles. The van der Waals surface area contributed by atoms with Gasteiger partial charge in [0.05, 0.1) is 0 Å². The number of hydrogen-bond donors (Lipinski definition) is 1. The third-order valence-electron chi connectivity index (χ3n) is 5.08. The average molecular weight is 377 g/mol. The fraction of sp³-hybridized carbons (Fsp3) is 0.348. The van der Waals surface area contributed by atoms with Gasteiger partial charge in [-0.1, -0.05) is 39.0 Å². The quantitative estimate of drug-likeness (QED) is 0.756. The number of hydrogen-bond acceptors (Lipinski definition) is 3. The lowest BCUT2D eigenvalue weighted by molar-refractivity contribution is 0.0952. The van der Waals surface area contributed by atoms with E-state index in [0.29, 0.717) is 12.2 Å². The smallest absolute Gasteiger partial charge is 0.270 e. The van der Waals surface area contributed by atoms with Gasteiger partial charge in [-0.3, -0.25) is 14.0 Å². The molecule has 0 aliphatic carbocycles. The van der Waals surface area contributed by atoms with Crippen molar-refractivity contribution in [3.8, 4) is 0 Å². The summed E-state index contributed by atoms with van der Waals surface area (Å²) in [5.41, 5.74) is 5.33. The van der Waals surface area contributed by atoms with Gasteiger partial charge in [-0.05, 0) is 60.1 Å². The van der Waals surface area contributed by atoms with Crippen molar-refractivity contribution in [3.63, 3.8) is 0 Å². The zero-order valence-corrected chi connectivity index (χ0v) is 17.2. The van der Waals surface area contributed by atoms with E-state index >= 15 is 0 Å². The van der Waals surface area contributed by atoms with E-state index in [9.17, 15) is 9.59 Å². The molecule has 5 nitrogen and oxygen atoms in total. The standard InChI is InChI=1S/C23H27N3O2/c1-15-12-17(23(3,4)5)13-16(2)18(15)9-10-24-21(27)19-14-25-20-8-6-7-11-26(20)22(19)28/h6-8,11-14H,9-10H2,1-5H3,(H,24,27). The average Bonchev–Trinajstić information content (AvgIpc) is 2.63. The molecule has 0 atom stereocenters. The monoisotopic (exact) mass is 377 g/mol. The summed E-state index contributed by atoms with van der Waals surface area (Å²) < 4.78 is 1.38. The summed E-state index contributed by atoms with van der Waals surface area (Å²) in [4.78, 5) is 29.2. The van der Waals surface area contributed by atoms with Crippen molar-refractivity contribution in [1.82, 2.24) is 14.7 Å². The maximum atomic E-state index is 12.5. The van der Waals surface area contributed by atoms with Crippen molar-refractivity contribution in [3.05, 3.63) is 80.9 Å².